The maximum Gasteiger partial charge on any atom is 0.122 e. The van der Waals surface area contributed by atoms with Gasteiger partial charge in [-0.15, -0.1) is 0 Å². The van der Waals surface area contributed by atoms with Gasteiger partial charge in [-0.25, -0.2) is 4.98 Å². The van der Waals surface area contributed by atoms with Gasteiger partial charge in [0.25, 0.3) is 0 Å². The number of hydrogen-bond acceptors (Lipinski definition) is 4. The van der Waals surface area contributed by atoms with E-state index in [1.165, 1.54) is 0 Å². The highest BCUT2D eigenvalue weighted by molar-refractivity contribution is 4.92. The smallest absolute Gasteiger partial charge is 0.122 e. The van der Waals surface area contributed by atoms with Crippen molar-refractivity contribution in [1.82, 2.24) is 19.4 Å². The lowest BCUT2D eigenvalue weighted by Gasteiger charge is -2.28. The molecule has 1 fully saturated rings. The molecular formula is C14H26N4O. The minimum Gasteiger partial charge on any atom is -0.396 e. The van der Waals surface area contributed by atoms with Gasteiger partial charge in [0.15, 0.2) is 0 Å². The second kappa shape index (κ2) is 6.50. The molecule has 1 N–H and O–H groups in total. The van der Waals surface area contributed by atoms with Crippen molar-refractivity contribution in [2.24, 2.45) is 13.0 Å². The van der Waals surface area contributed by atoms with Crippen LogP contribution in [0.1, 0.15) is 18.7 Å². The summed E-state index contributed by atoms with van der Waals surface area (Å²) in [6.45, 7) is 3.17. The Bertz CT molecular complexity index is 391. The van der Waals surface area contributed by atoms with Crippen LogP contribution in [-0.4, -0.2) is 64.3 Å². The predicted octanol–water partition coefficient (Wildman–Crippen LogP) is 0.555. The fourth-order valence-electron chi connectivity index (χ4n) is 2.80. The van der Waals surface area contributed by atoms with Gasteiger partial charge in [-0.2, -0.15) is 0 Å². The fraction of sp³-hybridized carbons (Fsp3) is 0.786. The molecule has 1 aliphatic heterocycles. The number of nitrogens with zero attached hydrogens (tertiary/aromatic N) is 4. The lowest BCUT2D eigenvalue weighted by Crippen LogP contribution is -2.39. The van der Waals surface area contributed by atoms with E-state index in [1.54, 1.807) is 0 Å². The molecule has 0 radical (unpaired) electrons. The van der Waals surface area contributed by atoms with Crippen LogP contribution >= 0.6 is 0 Å². The van der Waals surface area contributed by atoms with Gasteiger partial charge >= 0.3 is 0 Å². The standard InChI is InChI=1S/C14H26N4O/c1-16(2)13-5-4-12(11-19)8-18(9-13)10-14-15-6-7-17(14)3/h6-7,12-13,19H,4-5,8-11H2,1-3H3/t12-,13+/m0/s1. The minimum atomic E-state index is 0.289. The largest absolute Gasteiger partial charge is 0.396 e. The summed E-state index contributed by atoms with van der Waals surface area (Å²) in [4.78, 5) is 9.13. The van der Waals surface area contributed by atoms with E-state index in [4.69, 9.17) is 0 Å². The molecule has 1 saturated heterocycles. The Kier molecular flexibility index (Phi) is 4.96. The number of likely N-dealkylation sites (tertiary alicyclic amines) is 1. The van der Waals surface area contributed by atoms with Crippen molar-refractivity contribution >= 4 is 0 Å². The van der Waals surface area contributed by atoms with Gasteiger partial charge in [0.2, 0.25) is 0 Å². The molecule has 0 aromatic carbocycles. The Balaban J connectivity index is 2.05. The first-order chi connectivity index (χ1) is 9.10. The van der Waals surface area contributed by atoms with Gasteiger partial charge in [0.05, 0.1) is 6.54 Å². The fourth-order valence-corrected chi connectivity index (χ4v) is 2.80. The third-order valence-corrected chi connectivity index (χ3v) is 4.17. The van der Waals surface area contributed by atoms with E-state index in [-0.39, 0.29) is 6.61 Å². The van der Waals surface area contributed by atoms with Crippen LogP contribution in [0.4, 0.5) is 0 Å². The minimum absolute atomic E-state index is 0.289. The summed E-state index contributed by atoms with van der Waals surface area (Å²) in [5.74, 6) is 1.49. The van der Waals surface area contributed by atoms with E-state index < -0.39 is 0 Å². The van der Waals surface area contributed by atoms with Gasteiger partial charge in [0.1, 0.15) is 5.82 Å². The Morgan fingerprint density at radius 1 is 1.37 bits per heavy atom. The second-order valence-electron chi connectivity index (χ2n) is 5.89. The Morgan fingerprint density at radius 2 is 2.16 bits per heavy atom. The lowest BCUT2D eigenvalue weighted by atomic mass is 10.0. The zero-order chi connectivity index (χ0) is 13.8. The Morgan fingerprint density at radius 3 is 2.74 bits per heavy atom. The van der Waals surface area contributed by atoms with E-state index in [2.05, 4.69) is 33.4 Å². The molecule has 2 atom stereocenters. The number of aliphatic hydroxyl groups is 1. The number of hydrogen-bond donors (Lipinski definition) is 1. The van der Waals surface area contributed by atoms with E-state index in [0.717, 1.165) is 38.3 Å². The van der Waals surface area contributed by atoms with E-state index >= 15 is 0 Å². The summed E-state index contributed by atoms with van der Waals surface area (Å²) < 4.78 is 2.07. The van der Waals surface area contributed by atoms with Crippen molar-refractivity contribution in [1.29, 1.82) is 0 Å². The van der Waals surface area contributed by atoms with Gasteiger partial charge in [-0.3, -0.25) is 4.90 Å². The molecule has 0 amide bonds. The van der Waals surface area contributed by atoms with Crippen molar-refractivity contribution < 1.29 is 5.11 Å². The number of likely N-dealkylation sites (N-methyl/N-ethyl adjacent to an activating group) is 1. The van der Waals surface area contributed by atoms with Gasteiger partial charge < -0.3 is 14.6 Å². The molecule has 0 aliphatic carbocycles. The number of rotatable bonds is 4. The van der Waals surface area contributed by atoms with Gasteiger partial charge in [0, 0.05) is 45.2 Å². The average molecular weight is 266 g/mol. The molecule has 1 aromatic rings. The highest BCUT2D eigenvalue weighted by Gasteiger charge is 2.25. The zero-order valence-electron chi connectivity index (χ0n) is 12.3. The lowest BCUT2D eigenvalue weighted by molar-refractivity contribution is 0.154. The van der Waals surface area contributed by atoms with Gasteiger partial charge in [-0.1, -0.05) is 0 Å². The summed E-state index contributed by atoms with van der Waals surface area (Å²) in [5.41, 5.74) is 0. The van der Waals surface area contributed by atoms with Crippen LogP contribution in [0.5, 0.6) is 0 Å². The summed E-state index contributed by atoms with van der Waals surface area (Å²) in [5, 5.41) is 9.48. The van der Waals surface area contributed by atoms with Crippen LogP contribution in [0.2, 0.25) is 0 Å². The highest BCUT2D eigenvalue weighted by Crippen LogP contribution is 2.20. The molecule has 2 heterocycles. The van der Waals surface area contributed by atoms with Crippen LogP contribution in [0.15, 0.2) is 12.4 Å². The average Bonchev–Trinajstić information content (AvgIpc) is 2.66. The molecule has 1 aliphatic rings. The molecule has 0 saturated carbocycles. The van der Waals surface area contributed by atoms with Crippen molar-refractivity contribution in [3.8, 4) is 0 Å². The highest BCUT2D eigenvalue weighted by atomic mass is 16.3. The molecule has 19 heavy (non-hydrogen) atoms. The van der Waals surface area contributed by atoms with E-state index in [1.807, 2.05) is 19.4 Å². The molecule has 2 rings (SSSR count). The van der Waals surface area contributed by atoms with Crippen molar-refractivity contribution in [2.75, 3.05) is 33.8 Å². The van der Waals surface area contributed by atoms with Crippen LogP contribution in [0.3, 0.4) is 0 Å². The maximum atomic E-state index is 9.48. The number of aryl methyl sites for hydroxylation is 1. The van der Waals surface area contributed by atoms with Crippen LogP contribution in [0.25, 0.3) is 0 Å². The molecule has 108 valence electrons. The molecule has 5 heteroatoms. The van der Waals surface area contributed by atoms with Crippen LogP contribution in [-0.2, 0) is 13.6 Å². The zero-order valence-corrected chi connectivity index (χ0v) is 12.3. The predicted molar refractivity (Wildman–Crippen MR) is 75.8 cm³/mol. The quantitative estimate of drug-likeness (QED) is 0.864. The summed E-state index contributed by atoms with van der Waals surface area (Å²) >= 11 is 0. The van der Waals surface area contributed by atoms with Crippen molar-refractivity contribution in [3.05, 3.63) is 18.2 Å². The van der Waals surface area contributed by atoms with Crippen LogP contribution in [0, 0.1) is 5.92 Å². The Hall–Kier alpha value is -0.910. The first-order valence-electron chi connectivity index (χ1n) is 7.06. The summed E-state index contributed by atoms with van der Waals surface area (Å²) in [6.07, 6.45) is 6.10. The summed E-state index contributed by atoms with van der Waals surface area (Å²) in [7, 11) is 6.32. The first-order valence-corrected chi connectivity index (χ1v) is 7.06. The van der Waals surface area contributed by atoms with Crippen LogP contribution < -0.4 is 0 Å². The van der Waals surface area contributed by atoms with Gasteiger partial charge in [-0.05, 0) is 32.9 Å². The number of aromatic nitrogens is 2. The molecule has 5 nitrogen and oxygen atoms in total. The first kappa shape index (κ1) is 14.5. The van der Waals surface area contributed by atoms with Crippen molar-refractivity contribution in [2.45, 2.75) is 25.4 Å². The molecule has 0 bridgehead atoms. The third kappa shape index (κ3) is 3.78. The molecular weight excluding hydrogens is 240 g/mol. The number of imidazole rings is 1. The second-order valence-corrected chi connectivity index (χ2v) is 5.89. The normalized spacial score (nSPS) is 25.7. The number of aliphatic hydroxyl groups excluding tert-OH is 1. The molecule has 0 unspecified atom stereocenters. The molecule has 1 aromatic heterocycles. The van der Waals surface area contributed by atoms with Crippen molar-refractivity contribution in [3.63, 3.8) is 0 Å². The van der Waals surface area contributed by atoms with E-state index in [9.17, 15) is 5.11 Å². The maximum absolute atomic E-state index is 9.48. The third-order valence-electron chi connectivity index (χ3n) is 4.17. The topological polar surface area (TPSA) is 44.5 Å². The Labute approximate surface area is 115 Å². The van der Waals surface area contributed by atoms with E-state index in [0.29, 0.717) is 12.0 Å². The SMILES string of the molecule is CN(C)[C@@H]1CC[C@H](CO)CN(Cc2nccn2C)C1. The monoisotopic (exact) mass is 266 g/mol. The molecule has 0 spiro atoms. The summed E-state index contributed by atoms with van der Waals surface area (Å²) in [6, 6.07) is 0.566.